The van der Waals surface area contributed by atoms with Gasteiger partial charge in [-0.15, -0.1) is 21.5 Å². The van der Waals surface area contributed by atoms with E-state index in [-0.39, 0.29) is 10.0 Å². The minimum absolute atomic E-state index is 0.186. The summed E-state index contributed by atoms with van der Waals surface area (Å²) in [6, 6.07) is 6.45. The molecule has 2 rings (SSSR count). The Balaban J connectivity index is 1.93. The third-order valence-electron chi connectivity index (χ3n) is 2.49. The van der Waals surface area contributed by atoms with E-state index >= 15 is 0 Å². The van der Waals surface area contributed by atoms with Crippen molar-refractivity contribution in [3.05, 3.63) is 29.6 Å². The Kier molecular flexibility index (Phi) is 5.48. The second-order valence-electron chi connectivity index (χ2n) is 4.11. The molecule has 0 fully saturated rings. The van der Waals surface area contributed by atoms with Gasteiger partial charge in [0.25, 0.3) is 10.0 Å². The number of hydrogen-bond acceptors (Lipinski definition) is 7. The van der Waals surface area contributed by atoms with E-state index in [1.54, 1.807) is 30.7 Å². The van der Waals surface area contributed by atoms with Crippen molar-refractivity contribution in [3.8, 4) is 0 Å². The highest BCUT2D eigenvalue weighted by atomic mass is 32.2. The zero-order valence-corrected chi connectivity index (χ0v) is 13.1. The average Bonchev–Trinajstić information content (AvgIpc) is 3.00. The number of anilines is 2. The fourth-order valence-electron chi connectivity index (χ4n) is 1.52. The molecule has 0 saturated heterocycles. The van der Waals surface area contributed by atoms with Crippen LogP contribution in [0.3, 0.4) is 0 Å². The summed E-state index contributed by atoms with van der Waals surface area (Å²) in [4.78, 5) is 0. The number of thiophene rings is 1. The summed E-state index contributed by atoms with van der Waals surface area (Å²) in [5.74, 6) is 0.774. The molecular weight excluding hydrogens is 312 g/mol. The maximum absolute atomic E-state index is 12.0. The van der Waals surface area contributed by atoms with Crippen LogP contribution in [0.2, 0.25) is 0 Å². The molecule has 0 radical (unpaired) electrons. The van der Waals surface area contributed by atoms with Crippen molar-refractivity contribution >= 4 is 33.0 Å². The van der Waals surface area contributed by atoms with Crippen LogP contribution < -0.4 is 10.0 Å². The molecule has 9 heteroatoms. The van der Waals surface area contributed by atoms with Gasteiger partial charge in [0.15, 0.2) is 5.82 Å². The van der Waals surface area contributed by atoms with Crippen molar-refractivity contribution in [2.45, 2.75) is 10.6 Å². The van der Waals surface area contributed by atoms with Crippen molar-refractivity contribution in [1.82, 2.24) is 10.2 Å². The maximum atomic E-state index is 12.0. The van der Waals surface area contributed by atoms with Crippen LogP contribution in [0.15, 0.2) is 33.9 Å². The topological polar surface area (TPSA) is 93.2 Å². The van der Waals surface area contributed by atoms with E-state index in [0.717, 1.165) is 17.8 Å². The van der Waals surface area contributed by atoms with Crippen LogP contribution in [0.5, 0.6) is 0 Å². The van der Waals surface area contributed by atoms with E-state index in [1.165, 1.54) is 6.07 Å². The van der Waals surface area contributed by atoms with Crippen molar-refractivity contribution in [2.75, 3.05) is 30.3 Å². The summed E-state index contributed by atoms with van der Waals surface area (Å²) < 4.78 is 31.6. The van der Waals surface area contributed by atoms with E-state index in [9.17, 15) is 8.42 Å². The number of ether oxygens (including phenoxy) is 1. The van der Waals surface area contributed by atoms with Gasteiger partial charge in [-0.3, -0.25) is 4.72 Å². The van der Waals surface area contributed by atoms with Gasteiger partial charge in [0.2, 0.25) is 0 Å². The largest absolute Gasteiger partial charge is 0.385 e. The molecule has 0 spiro atoms. The number of sulfonamides is 1. The first-order valence-corrected chi connectivity index (χ1v) is 8.61. The lowest BCUT2D eigenvalue weighted by atomic mass is 10.4. The minimum atomic E-state index is -3.58. The molecule has 2 heterocycles. The van der Waals surface area contributed by atoms with Gasteiger partial charge >= 0.3 is 0 Å². The van der Waals surface area contributed by atoms with Crippen LogP contribution in [0.4, 0.5) is 11.6 Å². The summed E-state index contributed by atoms with van der Waals surface area (Å²) in [5.41, 5.74) is 0. The summed E-state index contributed by atoms with van der Waals surface area (Å²) >= 11 is 1.15. The third-order valence-corrected chi connectivity index (χ3v) is 5.25. The van der Waals surface area contributed by atoms with Gasteiger partial charge in [0, 0.05) is 20.3 Å². The van der Waals surface area contributed by atoms with Gasteiger partial charge in [0.05, 0.1) is 0 Å². The Hall–Kier alpha value is -1.71. The van der Waals surface area contributed by atoms with Crippen LogP contribution >= 0.6 is 11.3 Å². The first kappa shape index (κ1) is 15.7. The van der Waals surface area contributed by atoms with E-state index in [1.807, 2.05) is 0 Å². The van der Waals surface area contributed by atoms with Gasteiger partial charge in [-0.1, -0.05) is 6.07 Å². The molecule has 0 aliphatic rings. The van der Waals surface area contributed by atoms with Gasteiger partial charge in [-0.2, -0.15) is 0 Å². The van der Waals surface area contributed by atoms with Gasteiger partial charge < -0.3 is 10.1 Å². The number of nitrogens with zero attached hydrogens (tertiary/aromatic N) is 2. The molecule has 0 bridgehead atoms. The predicted octanol–water partition coefficient (Wildman–Crippen LogP) is 1.79. The molecule has 0 aliphatic heterocycles. The second kappa shape index (κ2) is 7.34. The molecule has 0 unspecified atom stereocenters. The van der Waals surface area contributed by atoms with Crippen LogP contribution in [0.25, 0.3) is 0 Å². The minimum Gasteiger partial charge on any atom is -0.385 e. The monoisotopic (exact) mass is 328 g/mol. The van der Waals surface area contributed by atoms with E-state index < -0.39 is 10.0 Å². The SMILES string of the molecule is COCCCNc1ccc(NS(=O)(=O)c2cccs2)nn1. The summed E-state index contributed by atoms with van der Waals surface area (Å²) in [7, 11) is -1.93. The Bertz CT molecular complexity index is 642. The highest BCUT2D eigenvalue weighted by Crippen LogP contribution is 2.19. The molecule has 2 aromatic rings. The van der Waals surface area contributed by atoms with Crippen molar-refractivity contribution < 1.29 is 13.2 Å². The molecule has 2 N–H and O–H groups in total. The number of nitrogens with one attached hydrogen (secondary N) is 2. The highest BCUT2D eigenvalue weighted by molar-refractivity contribution is 7.94. The lowest BCUT2D eigenvalue weighted by Gasteiger charge is -2.07. The van der Waals surface area contributed by atoms with Crippen LogP contribution in [0, 0.1) is 0 Å². The molecule has 0 atom stereocenters. The normalized spacial score (nSPS) is 11.3. The fourth-order valence-corrected chi connectivity index (χ4v) is 3.51. The molecule has 0 aliphatic carbocycles. The van der Waals surface area contributed by atoms with Crippen LogP contribution in [-0.4, -0.2) is 38.9 Å². The number of hydrogen-bond donors (Lipinski definition) is 2. The lowest BCUT2D eigenvalue weighted by Crippen LogP contribution is -2.13. The van der Waals surface area contributed by atoms with Crippen LogP contribution in [0.1, 0.15) is 6.42 Å². The maximum Gasteiger partial charge on any atom is 0.272 e. The quantitative estimate of drug-likeness (QED) is 0.718. The zero-order chi connectivity index (χ0) is 15.1. The predicted molar refractivity (Wildman–Crippen MR) is 82.1 cm³/mol. The Morgan fingerprint density at radius 3 is 2.62 bits per heavy atom. The zero-order valence-electron chi connectivity index (χ0n) is 11.4. The average molecular weight is 328 g/mol. The lowest BCUT2D eigenvalue weighted by molar-refractivity contribution is 0.197. The third kappa shape index (κ3) is 4.66. The molecular formula is C12H16N4O3S2. The van der Waals surface area contributed by atoms with Gasteiger partial charge in [-0.25, -0.2) is 8.42 Å². The first-order valence-electron chi connectivity index (χ1n) is 6.25. The Morgan fingerprint density at radius 2 is 2.00 bits per heavy atom. The Labute approximate surface area is 127 Å². The summed E-state index contributed by atoms with van der Waals surface area (Å²) in [5, 5.41) is 12.5. The van der Waals surface area contributed by atoms with Gasteiger partial charge in [0.1, 0.15) is 10.0 Å². The molecule has 0 aromatic carbocycles. The smallest absolute Gasteiger partial charge is 0.272 e. The molecule has 7 nitrogen and oxygen atoms in total. The highest BCUT2D eigenvalue weighted by Gasteiger charge is 2.15. The standard InChI is InChI=1S/C12H16N4O3S2/c1-19-8-3-7-13-10-5-6-11(15-14-10)16-21(17,18)12-4-2-9-20-12/h2,4-6,9H,3,7-8H2,1H3,(H,13,14)(H,15,16). The number of methoxy groups -OCH3 is 1. The van der Waals surface area contributed by atoms with E-state index in [4.69, 9.17) is 4.74 Å². The van der Waals surface area contributed by atoms with E-state index in [2.05, 4.69) is 20.2 Å². The van der Waals surface area contributed by atoms with Gasteiger partial charge in [-0.05, 0) is 30.0 Å². The summed E-state index contributed by atoms with van der Waals surface area (Å²) in [6.07, 6.45) is 0.852. The fraction of sp³-hybridized carbons (Fsp3) is 0.333. The van der Waals surface area contributed by atoms with Crippen LogP contribution in [-0.2, 0) is 14.8 Å². The first-order chi connectivity index (χ1) is 10.1. The summed E-state index contributed by atoms with van der Waals surface area (Å²) in [6.45, 7) is 1.38. The van der Waals surface area contributed by atoms with E-state index in [0.29, 0.717) is 19.0 Å². The van der Waals surface area contributed by atoms with Crippen molar-refractivity contribution in [1.29, 1.82) is 0 Å². The second-order valence-corrected chi connectivity index (χ2v) is 6.97. The Morgan fingerprint density at radius 1 is 1.24 bits per heavy atom. The van der Waals surface area contributed by atoms with Crippen molar-refractivity contribution in [3.63, 3.8) is 0 Å². The molecule has 114 valence electrons. The molecule has 0 saturated carbocycles. The molecule has 0 amide bonds. The van der Waals surface area contributed by atoms with Crippen molar-refractivity contribution in [2.24, 2.45) is 0 Å². The molecule has 2 aromatic heterocycles. The number of aromatic nitrogens is 2. The number of rotatable bonds is 8. The molecule has 21 heavy (non-hydrogen) atoms.